The predicted octanol–water partition coefficient (Wildman–Crippen LogP) is 4.63. The number of hydrogen-bond donors (Lipinski definition) is 1. The summed E-state index contributed by atoms with van der Waals surface area (Å²) in [5.41, 5.74) is 1.43. The number of rotatable bonds is 11. The third kappa shape index (κ3) is 7.10. The van der Waals surface area contributed by atoms with Gasteiger partial charge in [0.25, 0.3) is 0 Å². The van der Waals surface area contributed by atoms with Crippen LogP contribution in [0.15, 0.2) is 30.3 Å². The van der Waals surface area contributed by atoms with E-state index in [2.05, 4.69) is 68.4 Å². The average molecular weight is 290 g/mol. The molecule has 0 saturated heterocycles. The monoisotopic (exact) mass is 290 g/mol. The summed E-state index contributed by atoms with van der Waals surface area (Å²) in [4.78, 5) is 2.45. The number of likely N-dealkylation sites (N-methyl/N-ethyl adjacent to an activating group) is 1. The Morgan fingerprint density at radius 3 is 2.43 bits per heavy atom. The lowest BCUT2D eigenvalue weighted by atomic mass is 10.0. The molecule has 2 nitrogen and oxygen atoms in total. The van der Waals surface area contributed by atoms with Gasteiger partial charge in [-0.25, -0.2) is 0 Å². The normalized spacial score (nSPS) is 14.3. The third-order valence-electron chi connectivity index (χ3n) is 4.50. The van der Waals surface area contributed by atoms with Crippen LogP contribution in [-0.4, -0.2) is 31.1 Å². The maximum absolute atomic E-state index is 3.76. The second kappa shape index (κ2) is 10.8. The molecular weight excluding hydrogens is 256 g/mol. The molecule has 0 amide bonds. The first-order valence-electron chi connectivity index (χ1n) is 8.67. The molecule has 0 spiro atoms. The van der Waals surface area contributed by atoms with Crippen LogP contribution in [0.4, 0.5) is 0 Å². The fraction of sp³-hybridized carbons (Fsp3) is 0.684. The van der Waals surface area contributed by atoms with Crippen LogP contribution in [0.5, 0.6) is 0 Å². The first kappa shape index (κ1) is 18.2. The fourth-order valence-electron chi connectivity index (χ4n) is 2.62. The van der Waals surface area contributed by atoms with Crippen molar-refractivity contribution in [2.45, 2.75) is 65.0 Å². The van der Waals surface area contributed by atoms with Gasteiger partial charge in [0.2, 0.25) is 0 Å². The lowest BCUT2D eigenvalue weighted by Crippen LogP contribution is -2.36. The molecule has 1 aromatic rings. The molecule has 2 unspecified atom stereocenters. The van der Waals surface area contributed by atoms with Gasteiger partial charge in [0.15, 0.2) is 0 Å². The van der Waals surface area contributed by atoms with Crippen LogP contribution in [0.1, 0.15) is 64.5 Å². The molecule has 1 N–H and O–H groups in total. The summed E-state index contributed by atoms with van der Waals surface area (Å²) in [6, 6.07) is 12.1. The fourth-order valence-corrected chi connectivity index (χ4v) is 2.62. The number of hydrogen-bond acceptors (Lipinski definition) is 2. The van der Waals surface area contributed by atoms with Gasteiger partial charge in [-0.15, -0.1) is 0 Å². The summed E-state index contributed by atoms with van der Waals surface area (Å²) in [5, 5.41) is 3.76. The third-order valence-corrected chi connectivity index (χ3v) is 4.50. The van der Waals surface area contributed by atoms with Crippen molar-refractivity contribution in [2.24, 2.45) is 0 Å². The number of nitrogens with zero attached hydrogens (tertiary/aromatic N) is 1. The van der Waals surface area contributed by atoms with Crippen LogP contribution < -0.4 is 5.32 Å². The van der Waals surface area contributed by atoms with Crippen LogP contribution in [0.3, 0.4) is 0 Å². The summed E-state index contributed by atoms with van der Waals surface area (Å²) in [5.74, 6) is 0. The molecule has 2 atom stereocenters. The molecule has 0 fully saturated rings. The van der Waals surface area contributed by atoms with Gasteiger partial charge in [0, 0.05) is 25.2 Å². The average Bonchev–Trinajstić information content (AvgIpc) is 2.53. The van der Waals surface area contributed by atoms with Crippen molar-refractivity contribution in [2.75, 3.05) is 20.1 Å². The minimum Gasteiger partial charge on any atom is -0.309 e. The highest BCUT2D eigenvalue weighted by atomic mass is 15.1. The maximum Gasteiger partial charge on any atom is 0.0320 e. The number of benzene rings is 1. The number of nitrogens with one attached hydrogen (secondary N) is 1. The molecule has 0 aliphatic rings. The first-order valence-corrected chi connectivity index (χ1v) is 8.67. The van der Waals surface area contributed by atoms with E-state index in [0.717, 1.165) is 13.1 Å². The minimum atomic E-state index is 0.503. The molecular formula is C19H34N2. The summed E-state index contributed by atoms with van der Waals surface area (Å²) in [6.07, 6.45) is 6.39. The van der Waals surface area contributed by atoms with Gasteiger partial charge in [-0.1, -0.05) is 63.4 Å². The highest BCUT2D eigenvalue weighted by molar-refractivity contribution is 5.18. The molecule has 2 heteroatoms. The van der Waals surface area contributed by atoms with Gasteiger partial charge in [-0.3, -0.25) is 0 Å². The maximum atomic E-state index is 3.76. The van der Waals surface area contributed by atoms with Gasteiger partial charge >= 0.3 is 0 Å². The topological polar surface area (TPSA) is 15.3 Å². The second-order valence-corrected chi connectivity index (χ2v) is 6.15. The zero-order valence-electron chi connectivity index (χ0n) is 14.4. The highest BCUT2D eigenvalue weighted by Gasteiger charge is 2.11. The van der Waals surface area contributed by atoms with E-state index in [4.69, 9.17) is 0 Å². The first-order chi connectivity index (χ1) is 10.2. The quantitative estimate of drug-likeness (QED) is 0.598. The number of unbranched alkanes of at least 4 members (excludes halogenated alkanes) is 2. The molecule has 120 valence electrons. The van der Waals surface area contributed by atoms with E-state index in [1.54, 1.807) is 0 Å². The van der Waals surface area contributed by atoms with Crippen molar-refractivity contribution < 1.29 is 0 Å². The Balaban J connectivity index is 2.46. The Bertz CT molecular complexity index is 350. The van der Waals surface area contributed by atoms with Crippen molar-refractivity contribution in [3.63, 3.8) is 0 Å². The Morgan fingerprint density at radius 1 is 1.10 bits per heavy atom. The highest BCUT2D eigenvalue weighted by Crippen LogP contribution is 2.19. The van der Waals surface area contributed by atoms with Crippen LogP contribution in [0, 0.1) is 0 Å². The van der Waals surface area contributed by atoms with E-state index >= 15 is 0 Å². The zero-order valence-corrected chi connectivity index (χ0v) is 14.4. The van der Waals surface area contributed by atoms with Crippen molar-refractivity contribution in [3.8, 4) is 0 Å². The Labute approximate surface area is 131 Å². The molecule has 0 bridgehead atoms. The standard InChI is InChI=1S/C19H34N2/c1-5-7-9-14-19(18-12-10-8-11-13-18)20-15-16-21(4)17(3)6-2/h8,10-13,17,19-20H,5-7,9,14-16H2,1-4H3. The smallest absolute Gasteiger partial charge is 0.0320 e. The molecule has 0 aliphatic carbocycles. The molecule has 21 heavy (non-hydrogen) atoms. The summed E-state index contributed by atoms with van der Waals surface area (Å²) in [7, 11) is 2.23. The minimum absolute atomic E-state index is 0.503. The molecule has 1 rings (SSSR count). The second-order valence-electron chi connectivity index (χ2n) is 6.15. The van der Waals surface area contributed by atoms with Crippen molar-refractivity contribution in [1.29, 1.82) is 0 Å². The molecule has 0 heterocycles. The molecule has 1 aromatic carbocycles. The Kier molecular flexibility index (Phi) is 9.36. The lowest BCUT2D eigenvalue weighted by molar-refractivity contribution is 0.247. The summed E-state index contributed by atoms with van der Waals surface area (Å²) >= 11 is 0. The molecule has 0 aliphatic heterocycles. The molecule has 0 saturated carbocycles. The predicted molar refractivity (Wildman–Crippen MR) is 93.7 cm³/mol. The van der Waals surface area contributed by atoms with Crippen molar-refractivity contribution in [1.82, 2.24) is 10.2 Å². The van der Waals surface area contributed by atoms with Crippen molar-refractivity contribution >= 4 is 0 Å². The molecule has 0 radical (unpaired) electrons. The van der Waals surface area contributed by atoms with Crippen LogP contribution >= 0.6 is 0 Å². The van der Waals surface area contributed by atoms with Crippen molar-refractivity contribution in [3.05, 3.63) is 35.9 Å². The van der Waals surface area contributed by atoms with Crippen LogP contribution in [0.2, 0.25) is 0 Å². The van der Waals surface area contributed by atoms with Crippen LogP contribution in [-0.2, 0) is 0 Å². The van der Waals surface area contributed by atoms with E-state index in [0.29, 0.717) is 12.1 Å². The Hall–Kier alpha value is -0.860. The van der Waals surface area contributed by atoms with Gasteiger partial charge in [-0.05, 0) is 32.4 Å². The van der Waals surface area contributed by atoms with E-state index in [1.165, 1.54) is 37.7 Å². The van der Waals surface area contributed by atoms with Gasteiger partial charge in [0.1, 0.15) is 0 Å². The van der Waals surface area contributed by atoms with Crippen LogP contribution in [0.25, 0.3) is 0 Å². The molecule has 0 aromatic heterocycles. The summed E-state index contributed by atoms with van der Waals surface area (Å²) in [6.45, 7) is 9.01. The lowest BCUT2D eigenvalue weighted by Gasteiger charge is -2.25. The Morgan fingerprint density at radius 2 is 1.81 bits per heavy atom. The van der Waals surface area contributed by atoms with Gasteiger partial charge < -0.3 is 10.2 Å². The van der Waals surface area contributed by atoms with E-state index < -0.39 is 0 Å². The zero-order chi connectivity index (χ0) is 15.5. The summed E-state index contributed by atoms with van der Waals surface area (Å²) < 4.78 is 0. The van der Waals surface area contributed by atoms with E-state index in [9.17, 15) is 0 Å². The van der Waals surface area contributed by atoms with E-state index in [-0.39, 0.29) is 0 Å². The largest absolute Gasteiger partial charge is 0.309 e. The van der Waals surface area contributed by atoms with Gasteiger partial charge in [0.05, 0.1) is 0 Å². The van der Waals surface area contributed by atoms with E-state index in [1.807, 2.05) is 0 Å². The van der Waals surface area contributed by atoms with Gasteiger partial charge in [-0.2, -0.15) is 0 Å². The SMILES string of the molecule is CCCCCC(NCCN(C)C(C)CC)c1ccccc1.